The van der Waals surface area contributed by atoms with Gasteiger partial charge in [-0.3, -0.25) is 0 Å². The molecule has 0 fully saturated rings. The van der Waals surface area contributed by atoms with E-state index in [1.54, 1.807) is 12.3 Å². The number of anilines is 1. The van der Waals surface area contributed by atoms with Crippen LogP contribution in [-0.4, -0.2) is 17.1 Å². The first kappa shape index (κ1) is 12.5. The van der Waals surface area contributed by atoms with Crippen molar-refractivity contribution in [2.75, 3.05) is 11.9 Å². The molecule has 1 atom stereocenters. The lowest BCUT2D eigenvalue weighted by Crippen LogP contribution is -2.47. The maximum Gasteiger partial charge on any atom is 0.163 e. The Labute approximate surface area is 96.5 Å². The number of nitriles is 1. The third kappa shape index (κ3) is 2.50. The maximum absolute atomic E-state index is 8.94. The zero-order chi connectivity index (χ0) is 12.2. The van der Waals surface area contributed by atoms with Crippen molar-refractivity contribution in [3.63, 3.8) is 0 Å². The molecular formula is C12H18N4. The predicted octanol–water partition coefficient (Wildman–Crippen LogP) is 1.74. The van der Waals surface area contributed by atoms with Gasteiger partial charge in [0.1, 0.15) is 6.07 Å². The van der Waals surface area contributed by atoms with E-state index in [9.17, 15) is 0 Å². The Balaban J connectivity index is 3.00. The van der Waals surface area contributed by atoms with Gasteiger partial charge >= 0.3 is 0 Å². The number of hydrogen-bond acceptors (Lipinski definition) is 4. The topological polar surface area (TPSA) is 74.7 Å². The quantitative estimate of drug-likeness (QED) is 0.807. The normalized spacial score (nSPS) is 14.2. The second-order valence-corrected chi connectivity index (χ2v) is 4.41. The smallest absolute Gasteiger partial charge is 0.163 e. The summed E-state index contributed by atoms with van der Waals surface area (Å²) in [4.78, 5) is 4.01. The van der Waals surface area contributed by atoms with Crippen molar-refractivity contribution < 1.29 is 0 Å². The van der Waals surface area contributed by atoms with Gasteiger partial charge in [-0.1, -0.05) is 13.8 Å². The van der Waals surface area contributed by atoms with Crippen molar-refractivity contribution in [3.8, 4) is 6.07 Å². The van der Waals surface area contributed by atoms with Gasteiger partial charge in [0.15, 0.2) is 5.69 Å². The van der Waals surface area contributed by atoms with Crippen LogP contribution in [0.3, 0.4) is 0 Å². The molecule has 0 saturated carbocycles. The first-order valence-corrected chi connectivity index (χ1v) is 5.37. The molecule has 4 heteroatoms. The van der Waals surface area contributed by atoms with Crippen molar-refractivity contribution in [2.24, 2.45) is 11.7 Å². The first-order chi connectivity index (χ1) is 7.53. The molecule has 0 bridgehead atoms. The lowest BCUT2D eigenvalue weighted by Gasteiger charge is -2.34. The summed E-state index contributed by atoms with van der Waals surface area (Å²) in [5.74, 6) is 0.365. The summed E-state index contributed by atoms with van der Waals surface area (Å²) in [6.07, 6.45) is 1.61. The fraction of sp³-hybridized carbons (Fsp3) is 0.500. The molecule has 16 heavy (non-hydrogen) atoms. The lowest BCUT2D eigenvalue weighted by atomic mass is 9.88. The fourth-order valence-electron chi connectivity index (χ4n) is 1.33. The van der Waals surface area contributed by atoms with Gasteiger partial charge < -0.3 is 11.1 Å². The molecule has 0 radical (unpaired) electrons. The van der Waals surface area contributed by atoms with Crippen molar-refractivity contribution in [2.45, 2.75) is 26.3 Å². The van der Waals surface area contributed by atoms with Crippen LogP contribution in [0.2, 0.25) is 0 Å². The van der Waals surface area contributed by atoms with Crippen LogP contribution in [0.4, 0.5) is 5.69 Å². The van der Waals surface area contributed by atoms with E-state index in [-0.39, 0.29) is 5.54 Å². The molecule has 0 aliphatic carbocycles. The minimum atomic E-state index is -0.228. The molecule has 1 unspecified atom stereocenters. The van der Waals surface area contributed by atoms with Gasteiger partial charge in [0.2, 0.25) is 0 Å². The van der Waals surface area contributed by atoms with E-state index < -0.39 is 0 Å². The summed E-state index contributed by atoms with van der Waals surface area (Å²) in [7, 11) is 0. The number of nitrogens with two attached hydrogens (primary N) is 1. The lowest BCUT2D eigenvalue weighted by molar-refractivity contribution is 0.382. The average molecular weight is 218 g/mol. The van der Waals surface area contributed by atoms with Gasteiger partial charge in [0, 0.05) is 18.3 Å². The summed E-state index contributed by atoms with van der Waals surface area (Å²) in [5.41, 5.74) is 6.70. The van der Waals surface area contributed by atoms with Crippen LogP contribution in [-0.2, 0) is 0 Å². The van der Waals surface area contributed by atoms with Crippen molar-refractivity contribution in [3.05, 3.63) is 24.0 Å². The Kier molecular flexibility index (Phi) is 3.86. The van der Waals surface area contributed by atoms with E-state index in [0.29, 0.717) is 18.2 Å². The molecule has 86 valence electrons. The van der Waals surface area contributed by atoms with Crippen LogP contribution in [0.1, 0.15) is 26.5 Å². The zero-order valence-corrected chi connectivity index (χ0v) is 9.99. The molecule has 0 aromatic carbocycles. The highest BCUT2D eigenvalue weighted by atomic mass is 15.0. The molecule has 0 aliphatic heterocycles. The van der Waals surface area contributed by atoms with Gasteiger partial charge in [-0.25, -0.2) is 4.98 Å². The largest absolute Gasteiger partial charge is 0.376 e. The van der Waals surface area contributed by atoms with Gasteiger partial charge in [0.25, 0.3) is 0 Å². The molecule has 0 aliphatic rings. The Hall–Kier alpha value is -1.60. The first-order valence-electron chi connectivity index (χ1n) is 5.37. The van der Waals surface area contributed by atoms with Gasteiger partial charge in [-0.05, 0) is 25.0 Å². The molecule has 0 spiro atoms. The molecule has 3 N–H and O–H groups in total. The van der Waals surface area contributed by atoms with E-state index in [1.165, 1.54) is 0 Å². The van der Waals surface area contributed by atoms with Crippen LogP contribution in [0.25, 0.3) is 0 Å². The molecule has 0 saturated heterocycles. The van der Waals surface area contributed by atoms with Crippen LogP contribution >= 0.6 is 0 Å². The maximum atomic E-state index is 8.94. The molecular weight excluding hydrogens is 200 g/mol. The Morgan fingerprint density at radius 1 is 1.62 bits per heavy atom. The predicted molar refractivity (Wildman–Crippen MR) is 64.9 cm³/mol. The van der Waals surface area contributed by atoms with Crippen molar-refractivity contribution in [1.82, 2.24) is 4.98 Å². The number of nitrogens with one attached hydrogen (secondary N) is 1. The fourth-order valence-corrected chi connectivity index (χ4v) is 1.33. The Morgan fingerprint density at radius 2 is 2.31 bits per heavy atom. The van der Waals surface area contributed by atoms with Gasteiger partial charge in [-0.2, -0.15) is 5.26 Å². The molecule has 1 aromatic heterocycles. The highest BCUT2D eigenvalue weighted by Crippen LogP contribution is 2.23. The summed E-state index contributed by atoms with van der Waals surface area (Å²) in [6, 6.07) is 5.72. The van der Waals surface area contributed by atoms with Crippen molar-refractivity contribution >= 4 is 5.69 Å². The van der Waals surface area contributed by atoms with Crippen LogP contribution < -0.4 is 11.1 Å². The monoisotopic (exact) mass is 218 g/mol. The average Bonchev–Trinajstić information content (AvgIpc) is 2.29. The Morgan fingerprint density at radius 3 is 2.81 bits per heavy atom. The second kappa shape index (κ2) is 4.95. The van der Waals surface area contributed by atoms with Crippen LogP contribution in [0, 0.1) is 17.2 Å². The Bertz CT molecular complexity index is 394. The highest BCUT2D eigenvalue weighted by molar-refractivity contribution is 5.55. The number of aromatic nitrogens is 1. The number of hydrogen-bond donors (Lipinski definition) is 2. The highest BCUT2D eigenvalue weighted by Gasteiger charge is 2.27. The molecule has 0 amide bonds. The van der Waals surface area contributed by atoms with Crippen LogP contribution in [0.5, 0.6) is 0 Å². The van der Waals surface area contributed by atoms with Crippen LogP contribution in [0.15, 0.2) is 18.3 Å². The molecule has 1 aromatic rings. The molecule has 1 heterocycles. The number of pyridine rings is 1. The molecule has 4 nitrogen and oxygen atoms in total. The van der Waals surface area contributed by atoms with E-state index in [4.69, 9.17) is 11.0 Å². The second-order valence-electron chi connectivity index (χ2n) is 4.41. The number of nitrogens with zero attached hydrogens (tertiary/aromatic N) is 2. The van der Waals surface area contributed by atoms with E-state index in [1.807, 2.05) is 13.0 Å². The van der Waals surface area contributed by atoms with Gasteiger partial charge in [-0.15, -0.1) is 0 Å². The summed E-state index contributed by atoms with van der Waals surface area (Å²) >= 11 is 0. The van der Waals surface area contributed by atoms with Crippen molar-refractivity contribution in [1.29, 1.82) is 5.26 Å². The van der Waals surface area contributed by atoms with E-state index >= 15 is 0 Å². The SMILES string of the molecule is CC(C)C(C)(CN)Nc1cccnc1C#N. The van der Waals surface area contributed by atoms with E-state index in [2.05, 4.69) is 30.2 Å². The summed E-state index contributed by atoms with van der Waals surface area (Å²) in [5, 5.41) is 12.3. The third-order valence-corrected chi connectivity index (χ3v) is 3.03. The third-order valence-electron chi connectivity index (χ3n) is 3.03. The zero-order valence-electron chi connectivity index (χ0n) is 9.99. The molecule has 1 rings (SSSR count). The van der Waals surface area contributed by atoms with E-state index in [0.717, 1.165) is 5.69 Å². The minimum absolute atomic E-state index is 0.228. The standard InChI is InChI=1S/C12H18N4/c1-9(2)12(3,8-14)16-10-5-4-6-15-11(10)7-13/h4-6,9,16H,8,14H2,1-3H3. The summed E-state index contributed by atoms with van der Waals surface area (Å²) in [6.45, 7) is 6.75. The van der Waals surface area contributed by atoms with Gasteiger partial charge in [0.05, 0.1) is 5.69 Å². The summed E-state index contributed by atoms with van der Waals surface area (Å²) < 4.78 is 0. The number of rotatable bonds is 4. The minimum Gasteiger partial charge on any atom is -0.376 e.